The number of piperidine rings is 1. The highest BCUT2D eigenvalue weighted by Crippen LogP contribution is 2.30. The van der Waals surface area contributed by atoms with Gasteiger partial charge in [-0.15, -0.1) is 0 Å². The number of nitrogens with one attached hydrogen (secondary N) is 2. The molecule has 4 heteroatoms. The summed E-state index contributed by atoms with van der Waals surface area (Å²) < 4.78 is 0. The van der Waals surface area contributed by atoms with Crippen LogP contribution in [0.4, 0.5) is 0 Å². The van der Waals surface area contributed by atoms with Crippen LogP contribution in [0, 0.1) is 5.92 Å². The molecule has 0 spiro atoms. The Balaban J connectivity index is 1.74. The van der Waals surface area contributed by atoms with Gasteiger partial charge in [0.1, 0.15) is 0 Å². The van der Waals surface area contributed by atoms with Crippen LogP contribution in [-0.2, 0) is 4.79 Å². The van der Waals surface area contributed by atoms with E-state index >= 15 is 0 Å². The van der Waals surface area contributed by atoms with Gasteiger partial charge in [-0.25, -0.2) is 0 Å². The monoisotopic (exact) mass is 270 g/mol. The SMILES string of the molecule is CCSC1CCC(NC(=O)C2CCNC(C)C2)C1. The molecular formula is C14H26N2OS. The maximum Gasteiger partial charge on any atom is 0.223 e. The summed E-state index contributed by atoms with van der Waals surface area (Å²) in [6.07, 6.45) is 5.60. The molecule has 1 saturated heterocycles. The van der Waals surface area contributed by atoms with Crippen molar-refractivity contribution < 1.29 is 4.79 Å². The number of thioether (sulfide) groups is 1. The Morgan fingerprint density at radius 2 is 2.17 bits per heavy atom. The lowest BCUT2D eigenvalue weighted by Gasteiger charge is -2.28. The average Bonchev–Trinajstić information content (AvgIpc) is 2.77. The van der Waals surface area contributed by atoms with Crippen molar-refractivity contribution in [3.8, 4) is 0 Å². The average molecular weight is 270 g/mol. The molecule has 4 atom stereocenters. The minimum absolute atomic E-state index is 0.235. The Kier molecular flexibility index (Phi) is 5.37. The van der Waals surface area contributed by atoms with Crippen molar-refractivity contribution in [2.45, 2.75) is 63.3 Å². The van der Waals surface area contributed by atoms with Crippen LogP contribution in [0.2, 0.25) is 0 Å². The van der Waals surface area contributed by atoms with Crippen molar-refractivity contribution in [2.75, 3.05) is 12.3 Å². The molecule has 3 nitrogen and oxygen atoms in total. The number of rotatable bonds is 4. The standard InChI is InChI=1S/C14H26N2OS/c1-3-18-13-5-4-12(9-13)16-14(17)11-6-7-15-10(2)8-11/h10-13,15H,3-9H2,1-2H3,(H,16,17). The first-order valence-electron chi connectivity index (χ1n) is 7.34. The second kappa shape index (κ2) is 6.80. The number of hydrogen-bond acceptors (Lipinski definition) is 3. The Hall–Kier alpha value is -0.220. The van der Waals surface area contributed by atoms with Gasteiger partial charge in [0.2, 0.25) is 5.91 Å². The van der Waals surface area contributed by atoms with Crippen LogP contribution < -0.4 is 10.6 Å². The van der Waals surface area contributed by atoms with Crippen LogP contribution >= 0.6 is 11.8 Å². The zero-order valence-corrected chi connectivity index (χ0v) is 12.4. The summed E-state index contributed by atoms with van der Waals surface area (Å²) in [6.45, 7) is 5.37. The number of carbonyl (C=O) groups excluding carboxylic acids is 1. The molecule has 1 aliphatic heterocycles. The summed E-state index contributed by atoms with van der Waals surface area (Å²) in [5.74, 6) is 1.73. The van der Waals surface area contributed by atoms with Crippen molar-refractivity contribution in [1.29, 1.82) is 0 Å². The van der Waals surface area contributed by atoms with Gasteiger partial charge >= 0.3 is 0 Å². The van der Waals surface area contributed by atoms with Gasteiger partial charge in [-0.1, -0.05) is 6.92 Å². The molecule has 0 aromatic rings. The van der Waals surface area contributed by atoms with Gasteiger partial charge in [0.15, 0.2) is 0 Å². The van der Waals surface area contributed by atoms with E-state index < -0.39 is 0 Å². The second-order valence-corrected chi connectivity index (χ2v) is 7.25. The molecule has 0 aromatic heterocycles. The third-order valence-electron chi connectivity index (χ3n) is 4.13. The van der Waals surface area contributed by atoms with E-state index in [4.69, 9.17) is 0 Å². The van der Waals surface area contributed by atoms with Gasteiger partial charge in [0.25, 0.3) is 0 Å². The second-order valence-electron chi connectivity index (χ2n) is 5.67. The van der Waals surface area contributed by atoms with E-state index in [-0.39, 0.29) is 5.92 Å². The molecule has 1 saturated carbocycles. The Morgan fingerprint density at radius 1 is 1.33 bits per heavy atom. The zero-order chi connectivity index (χ0) is 13.0. The van der Waals surface area contributed by atoms with E-state index in [0.717, 1.165) is 24.6 Å². The predicted octanol–water partition coefficient (Wildman–Crippen LogP) is 2.16. The van der Waals surface area contributed by atoms with Crippen LogP contribution in [0.5, 0.6) is 0 Å². The number of hydrogen-bond donors (Lipinski definition) is 2. The van der Waals surface area contributed by atoms with Gasteiger partial charge in [0, 0.05) is 23.3 Å². The lowest BCUT2D eigenvalue weighted by molar-refractivity contribution is -0.126. The number of amides is 1. The molecule has 18 heavy (non-hydrogen) atoms. The molecule has 2 rings (SSSR count). The zero-order valence-electron chi connectivity index (χ0n) is 11.6. The molecule has 1 amide bonds. The summed E-state index contributed by atoms with van der Waals surface area (Å²) in [5.41, 5.74) is 0. The van der Waals surface area contributed by atoms with Crippen molar-refractivity contribution in [2.24, 2.45) is 5.92 Å². The fourth-order valence-electron chi connectivity index (χ4n) is 3.15. The predicted molar refractivity (Wildman–Crippen MR) is 77.9 cm³/mol. The number of carbonyl (C=O) groups is 1. The first-order chi connectivity index (χ1) is 8.69. The topological polar surface area (TPSA) is 41.1 Å². The van der Waals surface area contributed by atoms with E-state index in [1.165, 1.54) is 25.0 Å². The molecule has 104 valence electrons. The van der Waals surface area contributed by atoms with E-state index in [9.17, 15) is 4.79 Å². The van der Waals surface area contributed by atoms with Gasteiger partial charge in [-0.3, -0.25) is 4.79 Å². The lowest BCUT2D eigenvalue weighted by Crippen LogP contribution is -2.44. The summed E-state index contributed by atoms with van der Waals surface area (Å²) in [5, 5.41) is 7.45. The van der Waals surface area contributed by atoms with E-state index in [2.05, 4.69) is 24.5 Å². The van der Waals surface area contributed by atoms with Crippen LogP contribution in [-0.4, -0.2) is 35.5 Å². The fraction of sp³-hybridized carbons (Fsp3) is 0.929. The summed E-state index contributed by atoms with van der Waals surface area (Å²) >= 11 is 2.04. The molecule has 0 aromatic carbocycles. The van der Waals surface area contributed by atoms with Crippen LogP contribution in [0.25, 0.3) is 0 Å². The van der Waals surface area contributed by atoms with Gasteiger partial charge < -0.3 is 10.6 Å². The maximum absolute atomic E-state index is 12.2. The highest BCUT2D eigenvalue weighted by molar-refractivity contribution is 7.99. The van der Waals surface area contributed by atoms with Crippen molar-refractivity contribution in [3.05, 3.63) is 0 Å². The highest BCUT2D eigenvalue weighted by Gasteiger charge is 2.29. The molecule has 1 heterocycles. The largest absolute Gasteiger partial charge is 0.353 e. The van der Waals surface area contributed by atoms with E-state index in [0.29, 0.717) is 18.0 Å². The molecule has 2 fully saturated rings. The van der Waals surface area contributed by atoms with Gasteiger partial charge in [-0.05, 0) is 51.3 Å². The molecule has 1 aliphatic carbocycles. The van der Waals surface area contributed by atoms with Gasteiger partial charge in [-0.2, -0.15) is 11.8 Å². The van der Waals surface area contributed by atoms with Gasteiger partial charge in [0.05, 0.1) is 0 Å². The Labute approximate surface area is 115 Å². The fourth-order valence-corrected chi connectivity index (χ4v) is 4.29. The molecule has 2 N–H and O–H groups in total. The normalized spacial score (nSPS) is 36.6. The summed E-state index contributed by atoms with van der Waals surface area (Å²) in [4.78, 5) is 12.2. The molecule has 0 radical (unpaired) electrons. The first kappa shape index (κ1) is 14.2. The minimum Gasteiger partial charge on any atom is -0.353 e. The molecule has 0 bridgehead atoms. The van der Waals surface area contributed by atoms with Crippen molar-refractivity contribution in [3.63, 3.8) is 0 Å². The van der Waals surface area contributed by atoms with Crippen molar-refractivity contribution in [1.82, 2.24) is 10.6 Å². The molecular weight excluding hydrogens is 244 g/mol. The van der Waals surface area contributed by atoms with Crippen LogP contribution in [0.15, 0.2) is 0 Å². The maximum atomic E-state index is 12.2. The highest BCUT2D eigenvalue weighted by atomic mass is 32.2. The first-order valence-corrected chi connectivity index (χ1v) is 8.39. The Morgan fingerprint density at radius 3 is 2.89 bits per heavy atom. The lowest BCUT2D eigenvalue weighted by atomic mass is 9.92. The van der Waals surface area contributed by atoms with Crippen LogP contribution in [0.1, 0.15) is 46.0 Å². The quantitative estimate of drug-likeness (QED) is 0.822. The minimum atomic E-state index is 0.235. The summed E-state index contributed by atoms with van der Waals surface area (Å²) in [7, 11) is 0. The van der Waals surface area contributed by atoms with Crippen molar-refractivity contribution >= 4 is 17.7 Å². The molecule has 4 unspecified atom stereocenters. The smallest absolute Gasteiger partial charge is 0.223 e. The third-order valence-corrected chi connectivity index (χ3v) is 5.36. The third kappa shape index (κ3) is 3.89. The van der Waals surface area contributed by atoms with E-state index in [1.807, 2.05) is 11.8 Å². The Bertz CT molecular complexity index is 285. The molecule has 2 aliphatic rings. The van der Waals surface area contributed by atoms with E-state index in [1.54, 1.807) is 0 Å². The van der Waals surface area contributed by atoms with Crippen LogP contribution in [0.3, 0.4) is 0 Å². The summed E-state index contributed by atoms with van der Waals surface area (Å²) in [6, 6.07) is 0.924.